The van der Waals surface area contributed by atoms with Crippen LogP contribution in [0.5, 0.6) is 0 Å². The summed E-state index contributed by atoms with van der Waals surface area (Å²) in [5, 5.41) is 0. The largest absolute Gasteiger partial charge is 0.352 e. The summed E-state index contributed by atoms with van der Waals surface area (Å²) < 4.78 is 0. The highest BCUT2D eigenvalue weighted by molar-refractivity contribution is 5.69. The third kappa shape index (κ3) is 6.35. The molecule has 3 nitrogen and oxygen atoms in total. The number of primary amides is 2. The molecule has 0 saturated carbocycles. The number of carbonyl (C=O) groups is 1. The van der Waals surface area contributed by atoms with Crippen molar-refractivity contribution in [2.75, 3.05) is 0 Å². The molecule has 0 unspecified atom stereocenters. The monoisotopic (exact) mass is 164 g/mol. The van der Waals surface area contributed by atoms with E-state index in [0.717, 1.165) is 0 Å². The zero-order valence-corrected chi connectivity index (χ0v) is 6.73. The van der Waals surface area contributed by atoms with E-state index in [1.165, 1.54) is 5.56 Å². The van der Waals surface area contributed by atoms with Crippen LogP contribution in [0.2, 0.25) is 0 Å². The molecule has 0 aliphatic rings. The standard InChI is InChI=1S/C8H8.CH4N2O/c1-2-8-6-4-3-5-7-8;2-1(3)4/h2-7H,1H2;(H4,2,3,4). The molecule has 3 heteroatoms. The molecule has 2 amide bonds. The zero-order valence-electron chi connectivity index (χ0n) is 6.73. The summed E-state index contributed by atoms with van der Waals surface area (Å²) in [5.74, 6) is 0. The fourth-order valence-electron chi connectivity index (χ4n) is 0.589. The second-order valence-corrected chi connectivity index (χ2v) is 2.02. The summed E-state index contributed by atoms with van der Waals surface area (Å²) in [6, 6.07) is 9.20. The van der Waals surface area contributed by atoms with Gasteiger partial charge in [0.05, 0.1) is 0 Å². The van der Waals surface area contributed by atoms with Crippen molar-refractivity contribution in [1.29, 1.82) is 0 Å². The molecule has 0 bridgehead atoms. The van der Waals surface area contributed by atoms with E-state index in [-0.39, 0.29) is 0 Å². The van der Waals surface area contributed by atoms with Crippen molar-refractivity contribution >= 4 is 12.1 Å². The lowest BCUT2D eigenvalue weighted by atomic mass is 10.2. The average Bonchev–Trinajstić information content (AvgIpc) is 2.05. The highest BCUT2D eigenvalue weighted by atomic mass is 16.2. The lowest BCUT2D eigenvalue weighted by molar-refractivity contribution is 0.256. The van der Waals surface area contributed by atoms with E-state index in [4.69, 9.17) is 4.79 Å². The van der Waals surface area contributed by atoms with E-state index in [2.05, 4.69) is 18.0 Å². The molecule has 4 N–H and O–H groups in total. The number of nitrogens with two attached hydrogens (primary N) is 2. The molecular weight excluding hydrogens is 152 g/mol. The number of hydrogen-bond acceptors (Lipinski definition) is 1. The van der Waals surface area contributed by atoms with Crippen LogP contribution in [0.15, 0.2) is 36.9 Å². The molecule has 0 spiro atoms. The van der Waals surface area contributed by atoms with Gasteiger partial charge in [0.25, 0.3) is 0 Å². The Kier molecular flexibility index (Phi) is 5.09. The van der Waals surface area contributed by atoms with E-state index < -0.39 is 6.03 Å². The van der Waals surface area contributed by atoms with E-state index in [1.54, 1.807) is 0 Å². The number of rotatable bonds is 1. The summed E-state index contributed by atoms with van der Waals surface area (Å²) in [6.45, 7) is 3.63. The molecule has 1 aromatic rings. The van der Waals surface area contributed by atoms with Crippen molar-refractivity contribution in [2.45, 2.75) is 0 Å². The summed E-state index contributed by atoms with van der Waals surface area (Å²) in [4.78, 5) is 9.00. The predicted molar refractivity (Wildman–Crippen MR) is 50.3 cm³/mol. The van der Waals surface area contributed by atoms with Crippen LogP contribution < -0.4 is 11.5 Å². The molecule has 0 saturated heterocycles. The summed E-state index contributed by atoms with van der Waals surface area (Å²) >= 11 is 0. The SMILES string of the molecule is C=Cc1ccccc1.NC(N)=O. The van der Waals surface area contributed by atoms with Gasteiger partial charge in [-0.3, -0.25) is 0 Å². The van der Waals surface area contributed by atoms with Crippen LogP contribution in [0.4, 0.5) is 4.79 Å². The first kappa shape index (κ1) is 10.2. The number of hydrogen-bond donors (Lipinski definition) is 2. The molecule has 1 aromatic carbocycles. The first-order valence-electron chi connectivity index (χ1n) is 3.39. The van der Waals surface area contributed by atoms with Gasteiger partial charge in [-0.1, -0.05) is 43.0 Å². The van der Waals surface area contributed by atoms with Crippen molar-refractivity contribution in [3.05, 3.63) is 42.5 Å². The molecule has 0 aliphatic heterocycles. The topological polar surface area (TPSA) is 69.1 Å². The van der Waals surface area contributed by atoms with Gasteiger partial charge in [-0.2, -0.15) is 0 Å². The van der Waals surface area contributed by atoms with Crippen LogP contribution >= 0.6 is 0 Å². The predicted octanol–water partition coefficient (Wildman–Crippen LogP) is 1.35. The van der Waals surface area contributed by atoms with Crippen LogP contribution in [0.3, 0.4) is 0 Å². The minimum atomic E-state index is -0.833. The number of benzene rings is 1. The second-order valence-electron chi connectivity index (χ2n) is 2.02. The van der Waals surface area contributed by atoms with Crippen molar-refractivity contribution < 1.29 is 4.79 Å². The molecule has 0 fully saturated rings. The maximum absolute atomic E-state index is 9.00. The first-order chi connectivity index (χ1) is 5.66. The highest BCUT2D eigenvalue weighted by Crippen LogP contribution is 1.97. The van der Waals surface area contributed by atoms with Crippen LogP contribution in [0, 0.1) is 0 Å². The van der Waals surface area contributed by atoms with Crippen molar-refractivity contribution in [3.8, 4) is 0 Å². The van der Waals surface area contributed by atoms with Crippen molar-refractivity contribution in [1.82, 2.24) is 0 Å². The smallest absolute Gasteiger partial charge is 0.309 e. The minimum Gasteiger partial charge on any atom is -0.352 e. The Balaban J connectivity index is 0.000000261. The van der Waals surface area contributed by atoms with E-state index in [9.17, 15) is 0 Å². The summed E-state index contributed by atoms with van der Waals surface area (Å²) in [6.07, 6.45) is 1.83. The average molecular weight is 164 g/mol. The Hall–Kier alpha value is -1.77. The first-order valence-corrected chi connectivity index (χ1v) is 3.39. The van der Waals surface area contributed by atoms with Gasteiger partial charge in [0.15, 0.2) is 0 Å². The molecule has 0 heterocycles. The van der Waals surface area contributed by atoms with Gasteiger partial charge in [-0.05, 0) is 5.56 Å². The number of carbonyl (C=O) groups excluding carboxylic acids is 1. The quantitative estimate of drug-likeness (QED) is 0.646. The molecule has 0 radical (unpaired) electrons. The minimum absolute atomic E-state index is 0.833. The maximum atomic E-state index is 9.00. The molecule has 0 atom stereocenters. The van der Waals surface area contributed by atoms with E-state index in [1.807, 2.05) is 36.4 Å². The molecule has 0 aromatic heterocycles. The lowest BCUT2D eigenvalue weighted by Crippen LogP contribution is -2.18. The van der Waals surface area contributed by atoms with E-state index >= 15 is 0 Å². The van der Waals surface area contributed by atoms with Crippen molar-refractivity contribution in [3.63, 3.8) is 0 Å². The Morgan fingerprint density at radius 3 is 1.92 bits per heavy atom. The van der Waals surface area contributed by atoms with Gasteiger partial charge in [-0.15, -0.1) is 0 Å². The summed E-state index contributed by atoms with van der Waals surface area (Å²) in [5.41, 5.74) is 9.67. The number of urea groups is 1. The molecular formula is C9H12N2O. The van der Waals surface area contributed by atoms with Gasteiger partial charge >= 0.3 is 6.03 Å². The van der Waals surface area contributed by atoms with Gasteiger partial charge in [0.2, 0.25) is 0 Å². The lowest BCUT2D eigenvalue weighted by Gasteiger charge is -1.85. The van der Waals surface area contributed by atoms with E-state index in [0.29, 0.717) is 0 Å². The van der Waals surface area contributed by atoms with Gasteiger partial charge < -0.3 is 11.5 Å². The third-order valence-electron chi connectivity index (χ3n) is 1.04. The van der Waals surface area contributed by atoms with Gasteiger partial charge in [0.1, 0.15) is 0 Å². The van der Waals surface area contributed by atoms with Crippen LogP contribution in [0.1, 0.15) is 5.56 Å². The van der Waals surface area contributed by atoms with Crippen LogP contribution in [0.25, 0.3) is 6.08 Å². The Morgan fingerprint density at radius 2 is 1.67 bits per heavy atom. The maximum Gasteiger partial charge on any atom is 0.309 e. The van der Waals surface area contributed by atoms with Crippen LogP contribution in [-0.4, -0.2) is 6.03 Å². The molecule has 1 rings (SSSR count). The Morgan fingerprint density at radius 1 is 1.25 bits per heavy atom. The fraction of sp³-hybridized carbons (Fsp3) is 0. The summed E-state index contributed by atoms with van der Waals surface area (Å²) in [7, 11) is 0. The zero-order chi connectivity index (χ0) is 9.40. The molecule has 12 heavy (non-hydrogen) atoms. The van der Waals surface area contributed by atoms with Crippen molar-refractivity contribution in [2.24, 2.45) is 11.5 Å². The Bertz CT molecular complexity index is 240. The highest BCUT2D eigenvalue weighted by Gasteiger charge is 1.75. The molecule has 64 valence electrons. The number of amides is 2. The third-order valence-corrected chi connectivity index (χ3v) is 1.04. The molecule has 0 aliphatic carbocycles. The van der Waals surface area contributed by atoms with Crippen LogP contribution in [-0.2, 0) is 0 Å². The Labute approximate surface area is 71.7 Å². The van der Waals surface area contributed by atoms with Gasteiger partial charge in [-0.25, -0.2) is 4.79 Å². The fourth-order valence-corrected chi connectivity index (χ4v) is 0.589. The normalized spacial score (nSPS) is 7.67. The van der Waals surface area contributed by atoms with Gasteiger partial charge in [0, 0.05) is 0 Å². The second kappa shape index (κ2) is 5.97.